The lowest BCUT2D eigenvalue weighted by molar-refractivity contribution is 0.202. The maximum atomic E-state index is 11.8. The number of rotatable bonds is 2. The van der Waals surface area contributed by atoms with E-state index in [1.807, 2.05) is 0 Å². The van der Waals surface area contributed by atoms with Crippen LogP contribution in [-0.2, 0) is 0 Å². The van der Waals surface area contributed by atoms with Gasteiger partial charge in [0.05, 0.1) is 0 Å². The molecular formula is C11H18N4OS. The summed E-state index contributed by atoms with van der Waals surface area (Å²) < 4.78 is 0. The number of carbonyl (C=O) groups excluding carboxylic acids is 1. The average Bonchev–Trinajstić information content (AvgIpc) is 2.76. The second-order valence-corrected chi connectivity index (χ2v) is 5.59. The van der Waals surface area contributed by atoms with Crippen molar-refractivity contribution in [2.75, 3.05) is 5.32 Å². The summed E-state index contributed by atoms with van der Waals surface area (Å²) in [6.45, 7) is 4.40. The predicted octanol–water partition coefficient (Wildman–Crippen LogP) is 2.48. The van der Waals surface area contributed by atoms with E-state index in [-0.39, 0.29) is 12.1 Å². The number of hydrogen-bond donors (Lipinski definition) is 2. The highest BCUT2D eigenvalue weighted by Gasteiger charge is 2.28. The first kappa shape index (κ1) is 12.3. The van der Waals surface area contributed by atoms with Gasteiger partial charge in [-0.05, 0) is 24.7 Å². The molecule has 1 saturated carbocycles. The molecule has 0 aromatic carbocycles. The van der Waals surface area contributed by atoms with E-state index >= 15 is 0 Å². The fourth-order valence-corrected chi connectivity index (χ4v) is 2.92. The maximum absolute atomic E-state index is 11.8. The molecular weight excluding hydrogens is 236 g/mol. The quantitative estimate of drug-likeness (QED) is 0.852. The number of hydrogen-bond acceptors (Lipinski definition) is 4. The van der Waals surface area contributed by atoms with Crippen molar-refractivity contribution < 1.29 is 4.79 Å². The highest BCUT2D eigenvalue weighted by molar-refractivity contribution is 7.13. The van der Waals surface area contributed by atoms with Crippen LogP contribution in [0, 0.1) is 11.8 Å². The van der Waals surface area contributed by atoms with E-state index in [2.05, 4.69) is 34.7 Å². The lowest BCUT2D eigenvalue weighted by atomic mass is 9.79. The fraction of sp³-hybridized carbons (Fsp3) is 0.727. The molecule has 0 saturated heterocycles. The van der Waals surface area contributed by atoms with Gasteiger partial charge in [0.1, 0.15) is 5.51 Å². The molecule has 1 aliphatic rings. The second kappa shape index (κ2) is 5.44. The molecule has 1 aromatic rings. The number of carbonyl (C=O) groups is 1. The maximum Gasteiger partial charge on any atom is 0.321 e. The average molecular weight is 254 g/mol. The van der Waals surface area contributed by atoms with Gasteiger partial charge in [0, 0.05) is 6.04 Å². The predicted molar refractivity (Wildman–Crippen MR) is 68.0 cm³/mol. The largest absolute Gasteiger partial charge is 0.335 e. The molecule has 2 N–H and O–H groups in total. The molecule has 2 amide bonds. The normalized spacial score (nSPS) is 28.7. The second-order valence-electron chi connectivity index (χ2n) is 4.75. The van der Waals surface area contributed by atoms with E-state index in [0.29, 0.717) is 17.0 Å². The monoisotopic (exact) mass is 254 g/mol. The Morgan fingerprint density at radius 3 is 2.71 bits per heavy atom. The molecule has 1 fully saturated rings. The Bertz CT molecular complexity index is 358. The van der Waals surface area contributed by atoms with Crippen LogP contribution in [0.3, 0.4) is 0 Å². The number of anilines is 1. The van der Waals surface area contributed by atoms with E-state index in [0.717, 1.165) is 0 Å². The van der Waals surface area contributed by atoms with Crippen molar-refractivity contribution >= 4 is 22.5 Å². The minimum Gasteiger partial charge on any atom is -0.335 e. The van der Waals surface area contributed by atoms with E-state index in [9.17, 15) is 4.79 Å². The molecule has 5 nitrogen and oxygen atoms in total. The number of urea groups is 1. The van der Waals surface area contributed by atoms with E-state index in [4.69, 9.17) is 0 Å². The minimum absolute atomic E-state index is 0.174. The molecule has 0 aliphatic heterocycles. The summed E-state index contributed by atoms with van der Waals surface area (Å²) in [5.74, 6) is 1.08. The summed E-state index contributed by atoms with van der Waals surface area (Å²) in [6, 6.07) is 0.0871. The van der Waals surface area contributed by atoms with Gasteiger partial charge in [-0.3, -0.25) is 5.32 Å². The highest BCUT2D eigenvalue weighted by Crippen LogP contribution is 2.28. The zero-order chi connectivity index (χ0) is 12.3. The third kappa shape index (κ3) is 3.15. The lowest BCUT2D eigenvalue weighted by Crippen LogP contribution is -2.47. The Morgan fingerprint density at radius 2 is 2.12 bits per heavy atom. The van der Waals surface area contributed by atoms with Gasteiger partial charge in [-0.1, -0.05) is 31.6 Å². The third-order valence-electron chi connectivity index (χ3n) is 3.42. The third-order valence-corrected chi connectivity index (χ3v) is 4.03. The van der Waals surface area contributed by atoms with Crippen LogP contribution in [-0.4, -0.2) is 22.3 Å². The van der Waals surface area contributed by atoms with E-state index in [1.54, 1.807) is 5.51 Å². The molecule has 0 spiro atoms. The lowest BCUT2D eigenvalue weighted by Gasteiger charge is -2.34. The molecule has 1 aliphatic carbocycles. The van der Waals surface area contributed by atoms with Gasteiger partial charge in [-0.2, -0.15) is 0 Å². The summed E-state index contributed by atoms with van der Waals surface area (Å²) in [7, 11) is 0. The summed E-state index contributed by atoms with van der Waals surface area (Å²) in [5.41, 5.74) is 1.60. The molecule has 6 heteroatoms. The minimum atomic E-state index is -0.174. The van der Waals surface area contributed by atoms with Crippen molar-refractivity contribution in [3.05, 3.63) is 5.51 Å². The van der Waals surface area contributed by atoms with Crippen molar-refractivity contribution in [1.82, 2.24) is 15.5 Å². The molecule has 1 aromatic heterocycles. The van der Waals surface area contributed by atoms with Crippen molar-refractivity contribution in [2.24, 2.45) is 11.8 Å². The Labute approximate surface area is 105 Å². The zero-order valence-electron chi connectivity index (χ0n) is 10.1. The molecule has 2 rings (SSSR count). The van der Waals surface area contributed by atoms with Gasteiger partial charge in [0.15, 0.2) is 0 Å². The Hall–Kier alpha value is -1.17. The summed E-state index contributed by atoms with van der Waals surface area (Å²) in [5, 5.41) is 13.8. The molecule has 0 radical (unpaired) electrons. The van der Waals surface area contributed by atoms with Crippen LogP contribution in [0.25, 0.3) is 0 Å². The van der Waals surface area contributed by atoms with Crippen LogP contribution in [0.4, 0.5) is 9.93 Å². The van der Waals surface area contributed by atoms with Gasteiger partial charge in [0.25, 0.3) is 0 Å². The van der Waals surface area contributed by atoms with Crippen molar-refractivity contribution in [2.45, 2.75) is 39.2 Å². The van der Waals surface area contributed by atoms with Crippen LogP contribution < -0.4 is 10.6 Å². The van der Waals surface area contributed by atoms with Crippen molar-refractivity contribution in [3.63, 3.8) is 0 Å². The molecule has 1 unspecified atom stereocenters. The first-order valence-corrected chi connectivity index (χ1v) is 6.88. The van der Waals surface area contributed by atoms with Crippen LogP contribution in [0.5, 0.6) is 0 Å². The zero-order valence-corrected chi connectivity index (χ0v) is 11.0. The van der Waals surface area contributed by atoms with Crippen LogP contribution in [0.1, 0.15) is 33.1 Å². The highest BCUT2D eigenvalue weighted by atomic mass is 32.1. The van der Waals surface area contributed by atoms with Gasteiger partial charge in [-0.25, -0.2) is 4.79 Å². The van der Waals surface area contributed by atoms with Gasteiger partial charge in [0.2, 0.25) is 5.13 Å². The summed E-state index contributed by atoms with van der Waals surface area (Å²) in [4.78, 5) is 11.8. The molecule has 0 bridgehead atoms. The topological polar surface area (TPSA) is 66.9 Å². The number of nitrogens with zero attached hydrogens (tertiary/aromatic N) is 2. The fourth-order valence-electron chi connectivity index (χ4n) is 2.48. The standard InChI is InChI=1S/C11H18N4OS/c1-7-4-3-5-8(2)9(7)13-10(16)14-11-15-12-6-17-11/h6-9H,3-5H2,1-2H3,(H2,13,14,15,16)/t7-,8+,9?. The van der Waals surface area contributed by atoms with E-state index in [1.165, 1.54) is 30.6 Å². The number of amides is 2. The van der Waals surface area contributed by atoms with Crippen LogP contribution >= 0.6 is 11.3 Å². The number of aromatic nitrogens is 2. The number of nitrogens with one attached hydrogen (secondary N) is 2. The Morgan fingerprint density at radius 1 is 1.41 bits per heavy atom. The van der Waals surface area contributed by atoms with Crippen LogP contribution in [0.2, 0.25) is 0 Å². The van der Waals surface area contributed by atoms with Crippen molar-refractivity contribution in [1.29, 1.82) is 0 Å². The molecule has 1 heterocycles. The first-order valence-electron chi connectivity index (χ1n) is 6.00. The SMILES string of the molecule is C[C@@H]1CCC[C@H](C)C1NC(=O)Nc1nncs1. The van der Waals surface area contributed by atoms with Gasteiger partial charge >= 0.3 is 6.03 Å². The molecule has 17 heavy (non-hydrogen) atoms. The van der Waals surface area contributed by atoms with Crippen LogP contribution in [0.15, 0.2) is 5.51 Å². The van der Waals surface area contributed by atoms with Gasteiger partial charge < -0.3 is 5.32 Å². The summed E-state index contributed by atoms with van der Waals surface area (Å²) >= 11 is 1.32. The summed E-state index contributed by atoms with van der Waals surface area (Å²) in [6.07, 6.45) is 3.64. The van der Waals surface area contributed by atoms with Crippen molar-refractivity contribution in [3.8, 4) is 0 Å². The molecule has 94 valence electrons. The smallest absolute Gasteiger partial charge is 0.321 e. The Kier molecular flexibility index (Phi) is 3.93. The van der Waals surface area contributed by atoms with Gasteiger partial charge in [-0.15, -0.1) is 10.2 Å². The van der Waals surface area contributed by atoms with E-state index < -0.39 is 0 Å². The molecule has 3 atom stereocenters. The first-order chi connectivity index (χ1) is 8.16. The Balaban J connectivity index is 1.88.